The second-order valence-electron chi connectivity index (χ2n) is 7.72. The first kappa shape index (κ1) is 17.7. The van der Waals surface area contributed by atoms with Gasteiger partial charge in [-0.05, 0) is 30.4 Å². The van der Waals surface area contributed by atoms with Gasteiger partial charge in [-0.2, -0.15) is 0 Å². The monoisotopic (exact) mass is 349 g/mol. The van der Waals surface area contributed by atoms with Gasteiger partial charge in [-0.3, -0.25) is 4.90 Å². The summed E-state index contributed by atoms with van der Waals surface area (Å²) in [6, 6.07) is 22.6. The Labute approximate surface area is 158 Å². The first-order valence-corrected chi connectivity index (χ1v) is 10.2. The van der Waals surface area contributed by atoms with E-state index in [1.807, 2.05) is 0 Å². The van der Waals surface area contributed by atoms with E-state index in [-0.39, 0.29) is 0 Å². The molecule has 3 nitrogen and oxygen atoms in total. The van der Waals surface area contributed by atoms with Crippen molar-refractivity contribution in [3.05, 3.63) is 71.8 Å². The molecule has 0 amide bonds. The molecule has 0 aromatic heterocycles. The zero-order valence-electron chi connectivity index (χ0n) is 15.8. The zero-order valence-corrected chi connectivity index (χ0v) is 15.8. The van der Waals surface area contributed by atoms with E-state index in [2.05, 4.69) is 75.6 Å². The van der Waals surface area contributed by atoms with Crippen molar-refractivity contribution in [2.24, 2.45) is 0 Å². The third-order valence-electron chi connectivity index (χ3n) is 5.87. The first-order valence-electron chi connectivity index (χ1n) is 10.2. The number of nitrogens with zero attached hydrogens (tertiary/aromatic N) is 3. The molecule has 0 spiro atoms. The van der Waals surface area contributed by atoms with Crippen LogP contribution in [-0.4, -0.2) is 53.7 Å². The van der Waals surface area contributed by atoms with Gasteiger partial charge in [0.15, 0.2) is 0 Å². The number of benzene rings is 2. The predicted octanol–water partition coefficient (Wildman–Crippen LogP) is 3.82. The molecule has 1 unspecified atom stereocenters. The topological polar surface area (TPSA) is 9.72 Å². The van der Waals surface area contributed by atoms with Gasteiger partial charge in [-0.25, -0.2) is 10.0 Å². The van der Waals surface area contributed by atoms with Crippen molar-refractivity contribution in [1.29, 1.82) is 0 Å². The minimum atomic E-state index is 0.673. The molecule has 0 aliphatic carbocycles. The van der Waals surface area contributed by atoms with Crippen LogP contribution in [0.15, 0.2) is 60.7 Å². The lowest BCUT2D eigenvalue weighted by Crippen LogP contribution is -2.58. The van der Waals surface area contributed by atoms with Crippen LogP contribution in [0.5, 0.6) is 0 Å². The van der Waals surface area contributed by atoms with Crippen molar-refractivity contribution >= 4 is 0 Å². The van der Waals surface area contributed by atoms with Crippen molar-refractivity contribution in [3.8, 4) is 0 Å². The normalized spacial score (nSPS) is 23.2. The van der Waals surface area contributed by atoms with Gasteiger partial charge in [-0.1, -0.05) is 67.1 Å². The van der Waals surface area contributed by atoms with E-state index in [0.29, 0.717) is 6.04 Å². The summed E-state index contributed by atoms with van der Waals surface area (Å²) in [7, 11) is 0. The van der Waals surface area contributed by atoms with E-state index >= 15 is 0 Å². The number of hydrogen-bond acceptors (Lipinski definition) is 3. The van der Waals surface area contributed by atoms with Gasteiger partial charge < -0.3 is 0 Å². The molecule has 26 heavy (non-hydrogen) atoms. The Balaban J connectivity index is 1.33. The van der Waals surface area contributed by atoms with E-state index in [1.165, 1.54) is 56.4 Å². The molecule has 0 saturated carbocycles. The van der Waals surface area contributed by atoms with Gasteiger partial charge in [0.05, 0.1) is 0 Å². The lowest BCUT2D eigenvalue weighted by molar-refractivity contribution is -0.101. The average Bonchev–Trinajstić information content (AvgIpc) is 2.71. The maximum Gasteiger partial charge on any atom is 0.0286 e. The van der Waals surface area contributed by atoms with Crippen molar-refractivity contribution < 1.29 is 0 Å². The lowest BCUT2D eigenvalue weighted by atomic mass is 9.97. The highest BCUT2D eigenvalue weighted by atomic mass is 15.6. The molecule has 2 saturated heterocycles. The fraction of sp³-hybridized carbons (Fsp3) is 0.478. The molecule has 2 aromatic carbocycles. The predicted molar refractivity (Wildman–Crippen MR) is 108 cm³/mol. The van der Waals surface area contributed by atoms with Crippen LogP contribution in [0.4, 0.5) is 0 Å². The third kappa shape index (κ3) is 4.53. The van der Waals surface area contributed by atoms with Crippen LogP contribution >= 0.6 is 0 Å². The Kier molecular flexibility index (Phi) is 6.00. The number of piperidine rings is 1. The SMILES string of the molecule is c1ccc(CC2CCCCN2N2CCN(Cc3ccccc3)CC2)cc1. The highest BCUT2D eigenvalue weighted by molar-refractivity contribution is 5.16. The van der Waals surface area contributed by atoms with E-state index in [1.54, 1.807) is 0 Å². The number of hydrogen-bond donors (Lipinski definition) is 0. The zero-order chi connectivity index (χ0) is 17.6. The highest BCUT2D eigenvalue weighted by Crippen LogP contribution is 2.23. The molecular weight excluding hydrogens is 318 g/mol. The Morgan fingerprint density at radius 3 is 2.04 bits per heavy atom. The lowest BCUT2D eigenvalue weighted by Gasteiger charge is -2.47. The van der Waals surface area contributed by atoms with Gasteiger partial charge >= 0.3 is 0 Å². The molecule has 4 rings (SSSR count). The van der Waals surface area contributed by atoms with Crippen LogP contribution in [0.25, 0.3) is 0 Å². The molecule has 2 aliphatic rings. The Morgan fingerprint density at radius 2 is 1.35 bits per heavy atom. The van der Waals surface area contributed by atoms with Crippen LogP contribution in [0.1, 0.15) is 30.4 Å². The Bertz CT molecular complexity index is 650. The van der Waals surface area contributed by atoms with Crippen molar-refractivity contribution in [2.75, 3.05) is 32.7 Å². The number of piperazine rings is 1. The largest absolute Gasteiger partial charge is 0.296 e. The van der Waals surface area contributed by atoms with Gasteiger partial charge in [0, 0.05) is 45.3 Å². The third-order valence-corrected chi connectivity index (χ3v) is 5.87. The Hall–Kier alpha value is -1.68. The van der Waals surface area contributed by atoms with Crippen LogP contribution < -0.4 is 0 Å². The molecule has 0 radical (unpaired) electrons. The van der Waals surface area contributed by atoms with Crippen molar-refractivity contribution in [3.63, 3.8) is 0 Å². The number of rotatable bonds is 5. The van der Waals surface area contributed by atoms with Crippen LogP contribution in [-0.2, 0) is 13.0 Å². The van der Waals surface area contributed by atoms with Gasteiger partial charge in [0.1, 0.15) is 0 Å². The molecule has 2 fully saturated rings. The van der Waals surface area contributed by atoms with E-state index in [0.717, 1.165) is 19.6 Å². The van der Waals surface area contributed by atoms with E-state index < -0.39 is 0 Å². The molecule has 0 bridgehead atoms. The van der Waals surface area contributed by atoms with Gasteiger partial charge in [0.25, 0.3) is 0 Å². The summed E-state index contributed by atoms with van der Waals surface area (Å²) >= 11 is 0. The van der Waals surface area contributed by atoms with Gasteiger partial charge in [0.2, 0.25) is 0 Å². The standard InChI is InChI=1S/C23H31N3/c1-3-9-21(10-4-1)19-23-13-7-8-14-26(23)25-17-15-24(16-18-25)20-22-11-5-2-6-12-22/h1-6,9-12,23H,7-8,13-20H2. The fourth-order valence-electron chi connectivity index (χ4n) is 4.45. The molecule has 2 heterocycles. The summed E-state index contributed by atoms with van der Waals surface area (Å²) < 4.78 is 0. The summed E-state index contributed by atoms with van der Waals surface area (Å²) in [6.45, 7) is 6.99. The van der Waals surface area contributed by atoms with Crippen molar-refractivity contribution in [1.82, 2.24) is 14.9 Å². The second kappa shape index (κ2) is 8.81. The van der Waals surface area contributed by atoms with E-state index in [9.17, 15) is 0 Å². The molecule has 3 heteroatoms. The van der Waals surface area contributed by atoms with Gasteiger partial charge in [-0.15, -0.1) is 0 Å². The molecule has 0 N–H and O–H groups in total. The van der Waals surface area contributed by atoms with E-state index in [4.69, 9.17) is 0 Å². The molecular formula is C23H31N3. The highest BCUT2D eigenvalue weighted by Gasteiger charge is 2.29. The van der Waals surface area contributed by atoms with Crippen LogP contribution in [0, 0.1) is 0 Å². The fourth-order valence-corrected chi connectivity index (χ4v) is 4.45. The Morgan fingerprint density at radius 1 is 0.692 bits per heavy atom. The maximum atomic E-state index is 2.70. The summed E-state index contributed by atoms with van der Waals surface area (Å²) in [5.41, 5.74) is 2.91. The molecule has 2 aliphatic heterocycles. The number of hydrazine groups is 1. The molecule has 138 valence electrons. The van der Waals surface area contributed by atoms with Crippen LogP contribution in [0.2, 0.25) is 0 Å². The summed E-state index contributed by atoms with van der Waals surface area (Å²) in [5, 5.41) is 5.35. The quantitative estimate of drug-likeness (QED) is 0.812. The summed E-state index contributed by atoms with van der Waals surface area (Å²) in [6.07, 6.45) is 5.24. The first-order chi connectivity index (χ1) is 12.9. The molecule has 2 aromatic rings. The summed E-state index contributed by atoms with van der Waals surface area (Å²) in [5.74, 6) is 0. The maximum absolute atomic E-state index is 2.70. The second-order valence-corrected chi connectivity index (χ2v) is 7.72. The van der Waals surface area contributed by atoms with Crippen molar-refractivity contribution in [2.45, 2.75) is 38.3 Å². The molecule has 1 atom stereocenters. The minimum Gasteiger partial charge on any atom is -0.296 e. The summed E-state index contributed by atoms with van der Waals surface area (Å²) in [4.78, 5) is 2.60. The van der Waals surface area contributed by atoms with Crippen LogP contribution in [0.3, 0.4) is 0 Å². The smallest absolute Gasteiger partial charge is 0.0286 e. The minimum absolute atomic E-state index is 0.673. The average molecular weight is 350 g/mol.